The molecule has 3 rings (SSSR count). The van der Waals surface area contributed by atoms with Crippen molar-refractivity contribution in [2.24, 2.45) is 5.92 Å². The molecule has 3 aromatic rings. The highest BCUT2D eigenvalue weighted by atomic mass is 32.2. The highest BCUT2D eigenvalue weighted by molar-refractivity contribution is 7.87. The van der Waals surface area contributed by atoms with Crippen LogP contribution in [0.15, 0.2) is 89.8 Å². The summed E-state index contributed by atoms with van der Waals surface area (Å²) in [6.45, 7) is 4.71. The van der Waals surface area contributed by atoms with Gasteiger partial charge in [-0.15, -0.1) is 0 Å². The van der Waals surface area contributed by atoms with Gasteiger partial charge in [-0.05, 0) is 41.3 Å². The van der Waals surface area contributed by atoms with Gasteiger partial charge in [-0.25, -0.2) is 0 Å². The van der Waals surface area contributed by atoms with E-state index in [9.17, 15) is 8.42 Å². The third-order valence-electron chi connectivity index (χ3n) is 4.32. The van der Waals surface area contributed by atoms with Crippen molar-refractivity contribution in [3.8, 4) is 5.75 Å². The highest BCUT2D eigenvalue weighted by Gasteiger charge is 2.19. The van der Waals surface area contributed by atoms with Crippen molar-refractivity contribution in [1.82, 2.24) is 0 Å². The molecule has 0 radical (unpaired) electrons. The molecule has 0 heterocycles. The molecule has 1 atom stereocenters. The fourth-order valence-corrected chi connectivity index (χ4v) is 3.86. The Hall–Kier alpha value is -2.63. The number of hydrogen-bond acceptors (Lipinski definition) is 4. The minimum Gasteiger partial charge on any atom is -0.379 e. The van der Waals surface area contributed by atoms with Crippen molar-refractivity contribution in [2.75, 3.05) is 0 Å². The van der Waals surface area contributed by atoms with Gasteiger partial charge in [0.05, 0.1) is 12.7 Å². The van der Waals surface area contributed by atoms with Crippen LogP contribution in [0.5, 0.6) is 5.75 Å². The van der Waals surface area contributed by atoms with Crippen molar-refractivity contribution in [2.45, 2.75) is 31.5 Å². The summed E-state index contributed by atoms with van der Waals surface area (Å²) in [5.74, 6) is 0.543. The molecule has 0 N–H and O–H groups in total. The van der Waals surface area contributed by atoms with Gasteiger partial charge in [0.15, 0.2) is 0 Å². The van der Waals surface area contributed by atoms with E-state index in [2.05, 4.69) is 13.8 Å². The molecule has 146 valence electrons. The lowest BCUT2D eigenvalue weighted by atomic mass is 9.99. The summed E-state index contributed by atoms with van der Waals surface area (Å²) < 4.78 is 36.1. The van der Waals surface area contributed by atoms with Crippen molar-refractivity contribution < 1.29 is 17.3 Å². The molecule has 5 heteroatoms. The van der Waals surface area contributed by atoms with E-state index in [1.54, 1.807) is 30.3 Å². The molecule has 0 saturated carbocycles. The molecule has 0 aromatic heterocycles. The molecule has 1 unspecified atom stereocenters. The van der Waals surface area contributed by atoms with E-state index in [4.69, 9.17) is 8.92 Å². The first-order valence-corrected chi connectivity index (χ1v) is 10.6. The molecular weight excluding hydrogens is 372 g/mol. The van der Waals surface area contributed by atoms with Gasteiger partial charge < -0.3 is 8.92 Å². The van der Waals surface area contributed by atoms with Gasteiger partial charge in [-0.2, -0.15) is 8.42 Å². The lowest BCUT2D eigenvalue weighted by Crippen LogP contribution is -2.12. The Morgan fingerprint density at radius 2 is 1.36 bits per heavy atom. The van der Waals surface area contributed by atoms with Crippen LogP contribution < -0.4 is 4.18 Å². The SMILES string of the molecule is CC(C)C(OCc1ccccc1)c1ccc(OS(=O)(=O)c2ccccc2)cc1. The molecule has 0 fully saturated rings. The Labute approximate surface area is 166 Å². The van der Waals surface area contributed by atoms with Crippen LogP contribution in [0.2, 0.25) is 0 Å². The summed E-state index contributed by atoms with van der Waals surface area (Å²) in [6.07, 6.45) is -0.0972. The Bertz CT molecular complexity index is 966. The molecule has 0 spiro atoms. The molecule has 4 nitrogen and oxygen atoms in total. The summed E-state index contributed by atoms with van der Waals surface area (Å²) in [4.78, 5) is 0.130. The van der Waals surface area contributed by atoms with Gasteiger partial charge in [0, 0.05) is 0 Å². The van der Waals surface area contributed by atoms with Gasteiger partial charge in [0.25, 0.3) is 0 Å². The lowest BCUT2D eigenvalue weighted by molar-refractivity contribution is 0.00898. The van der Waals surface area contributed by atoms with E-state index >= 15 is 0 Å². The lowest BCUT2D eigenvalue weighted by Gasteiger charge is -2.22. The minimum atomic E-state index is -3.84. The Morgan fingerprint density at radius 1 is 0.786 bits per heavy atom. The van der Waals surface area contributed by atoms with Crippen LogP contribution in [0.1, 0.15) is 31.1 Å². The Morgan fingerprint density at radius 3 is 1.93 bits per heavy atom. The maximum atomic E-state index is 12.3. The molecule has 0 aliphatic rings. The molecule has 0 bridgehead atoms. The Balaban J connectivity index is 1.71. The first-order chi connectivity index (χ1) is 13.5. The number of benzene rings is 3. The van der Waals surface area contributed by atoms with E-state index in [1.807, 2.05) is 42.5 Å². The van der Waals surface area contributed by atoms with Crippen LogP contribution in [-0.4, -0.2) is 8.42 Å². The van der Waals surface area contributed by atoms with Crippen LogP contribution in [0.3, 0.4) is 0 Å². The summed E-state index contributed by atoms with van der Waals surface area (Å²) >= 11 is 0. The number of rotatable bonds is 8. The van der Waals surface area contributed by atoms with Gasteiger partial charge in [-0.3, -0.25) is 0 Å². The fraction of sp³-hybridized carbons (Fsp3) is 0.217. The summed E-state index contributed by atoms with van der Waals surface area (Å²) in [5, 5.41) is 0. The van der Waals surface area contributed by atoms with E-state index in [0.717, 1.165) is 11.1 Å². The zero-order valence-electron chi connectivity index (χ0n) is 16.0. The quantitative estimate of drug-likeness (QED) is 0.481. The molecule has 0 saturated heterocycles. The topological polar surface area (TPSA) is 52.6 Å². The van der Waals surface area contributed by atoms with Crippen molar-refractivity contribution >= 4 is 10.1 Å². The molecule has 28 heavy (non-hydrogen) atoms. The summed E-state index contributed by atoms with van der Waals surface area (Å²) in [6, 6.07) is 25.2. The second kappa shape index (κ2) is 9.04. The maximum absolute atomic E-state index is 12.3. The van der Waals surface area contributed by atoms with Crippen LogP contribution in [0.25, 0.3) is 0 Å². The third-order valence-corrected chi connectivity index (χ3v) is 5.59. The zero-order valence-corrected chi connectivity index (χ0v) is 16.8. The van der Waals surface area contributed by atoms with E-state index in [1.165, 1.54) is 12.1 Å². The molecule has 3 aromatic carbocycles. The van der Waals surface area contributed by atoms with Crippen LogP contribution in [-0.2, 0) is 21.5 Å². The predicted molar refractivity (Wildman–Crippen MR) is 110 cm³/mol. The van der Waals surface area contributed by atoms with Gasteiger partial charge in [-0.1, -0.05) is 74.5 Å². The number of ether oxygens (including phenoxy) is 1. The minimum absolute atomic E-state index is 0.0972. The van der Waals surface area contributed by atoms with E-state index in [0.29, 0.717) is 6.61 Å². The van der Waals surface area contributed by atoms with Crippen LogP contribution >= 0.6 is 0 Å². The van der Waals surface area contributed by atoms with E-state index < -0.39 is 10.1 Å². The van der Waals surface area contributed by atoms with Crippen molar-refractivity contribution in [3.05, 3.63) is 96.1 Å². The third kappa shape index (κ3) is 5.21. The monoisotopic (exact) mass is 396 g/mol. The summed E-state index contributed by atoms with van der Waals surface area (Å²) in [7, 11) is -3.84. The second-order valence-electron chi connectivity index (χ2n) is 6.88. The average molecular weight is 397 g/mol. The standard InChI is InChI=1S/C23H24O4S/c1-18(2)23(26-17-19-9-5-3-6-10-19)20-13-15-21(16-14-20)27-28(24,25)22-11-7-4-8-12-22/h3-16,18,23H,17H2,1-2H3. The van der Waals surface area contributed by atoms with E-state index in [-0.39, 0.29) is 22.7 Å². The molecule has 0 aliphatic heterocycles. The van der Waals surface area contributed by atoms with Gasteiger partial charge in [0.1, 0.15) is 10.6 Å². The zero-order chi connectivity index (χ0) is 20.0. The molecule has 0 amide bonds. The predicted octanol–water partition coefficient (Wildman–Crippen LogP) is 5.37. The van der Waals surface area contributed by atoms with Crippen molar-refractivity contribution in [1.29, 1.82) is 0 Å². The average Bonchev–Trinajstić information content (AvgIpc) is 2.70. The maximum Gasteiger partial charge on any atom is 0.339 e. The van der Waals surface area contributed by atoms with Crippen LogP contribution in [0.4, 0.5) is 0 Å². The Kier molecular flexibility index (Phi) is 6.49. The van der Waals surface area contributed by atoms with Crippen LogP contribution in [0, 0.1) is 5.92 Å². The fourth-order valence-electron chi connectivity index (χ4n) is 2.91. The second-order valence-corrected chi connectivity index (χ2v) is 8.43. The number of hydrogen-bond donors (Lipinski definition) is 0. The normalized spacial score (nSPS) is 12.7. The van der Waals surface area contributed by atoms with Gasteiger partial charge in [0.2, 0.25) is 0 Å². The first kappa shape index (κ1) is 20.1. The summed E-state index contributed by atoms with van der Waals surface area (Å²) in [5.41, 5.74) is 2.09. The molecular formula is C23H24O4S. The smallest absolute Gasteiger partial charge is 0.339 e. The molecule has 0 aliphatic carbocycles. The largest absolute Gasteiger partial charge is 0.379 e. The first-order valence-electron chi connectivity index (χ1n) is 9.21. The highest BCUT2D eigenvalue weighted by Crippen LogP contribution is 2.29. The van der Waals surface area contributed by atoms with Gasteiger partial charge >= 0.3 is 10.1 Å². The van der Waals surface area contributed by atoms with Crippen molar-refractivity contribution in [3.63, 3.8) is 0 Å².